The number of rotatable bonds is 7. The first-order chi connectivity index (χ1) is 17.7. The number of tetrazole rings is 1. The van der Waals surface area contributed by atoms with Gasteiger partial charge in [0.1, 0.15) is 17.4 Å². The van der Waals surface area contributed by atoms with Gasteiger partial charge in [-0.1, -0.05) is 49.3 Å². The first-order valence-electron chi connectivity index (χ1n) is 11.2. The van der Waals surface area contributed by atoms with Gasteiger partial charge in [-0.3, -0.25) is 4.57 Å². The molecule has 7 nitrogen and oxygen atoms in total. The Morgan fingerprint density at radius 1 is 1.05 bits per heavy atom. The van der Waals surface area contributed by atoms with E-state index in [0.717, 1.165) is 22.5 Å². The number of hydrogen-bond acceptors (Lipinski definition) is 6. The summed E-state index contributed by atoms with van der Waals surface area (Å²) in [5, 5.41) is 24.7. The highest BCUT2D eigenvalue weighted by Crippen LogP contribution is 2.39. The standard InChI is InChI=1S/C26H21ClF2N6OS/c1-26(2,16-4-9-20(27)22(36)12-16)23-13-30-25(35(23)18-7-5-17(28)6-8-18)37-14-15-3-10-21(29)19(11-15)24-31-33-34-32-24/h3-13,36H,14H2,1-2H3,(H,31,32,33,34). The fourth-order valence-corrected chi connectivity index (χ4v) is 5.08. The number of H-pyrrole nitrogens is 1. The van der Waals surface area contributed by atoms with Crippen LogP contribution in [0.4, 0.5) is 8.78 Å². The highest BCUT2D eigenvalue weighted by Gasteiger charge is 2.30. The molecule has 11 heteroatoms. The van der Waals surface area contributed by atoms with Crippen molar-refractivity contribution in [3.8, 4) is 22.8 Å². The monoisotopic (exact) mass is 538 g/mol. The molecule has 0 aliphatic heterocycles. The number of phenols is 1. The molecule has 37 heavy (non-hydrogen) atoms. The molecule has 2 N–H and O–H groups in total. The molecule has 5 rings (SSSR count). The van der Waals surface area contributed by atoms with E-state index in [9.17, 15) is 13.9 Å². The summed E-state index contributed by atoms with van der Waals surface area (Å²) in [6, 6.07) is 16.0. The lowest BCUT2D eigenvalue weighted by Crippen LogP contribution is -2.23. The van der Waals surface area contributed by atoms with Crippen molar-refractivity contribution >= 4 is 23.4 Å². The van der Waals surface area contributed by atoms with Crippen LogP contribution in [0, 0.1) is 11.6 Å². The van der Waals surface area contributed by atoms with Gasteiger partial charge in [-0.25, -0.2) is 13.8 Å². The van der Waals surface area contributed by atoms with Crippen molar-refractivity contribution in [2.45, 2.75) is 30.2 Å². The van der Waals surface area contributed by atoms with Crippen LogP contribution < -0.4 is 0 Å². The van der Waals surface area contributed by atoms with Crippen LogP contribution in [0.2, 0.25) is 5.02 Å². The van der Waals surface area contributed by atoms with E-state index in [4.69, 9.17) is 11.6 Å². The van der Waals surface area contributed by atoms with E-state index in [1.165, 1.54) is 30.0 Å². The zero-order chi connectivity index (χ0) is 26.2. The minimum atomic E-state index is -0.593. The van der Waals surface area contributed by atoms with Gasteiger partial charge in [-0.05, 0) is 64.9 Å². The summed E-state index contributed by atoms with van der Waals surface area (Å²) in [5.41, 5.74) is 2.88. The predicted octanol–water partition coefficient (Wildman–Crippen LogP) is 6.31. The van der Waals surface area contributed by atoms with Crippen LogP contribution in [-0.2, 0) is 11.2 Å². The lowest BCUT2D eigenvalue weighted by atomic mass is 9.81. The van der Waals surface area contributed by atoms with Crippen LogP contribution in [0.3, 0.4) is 0 Å². The summed E-state index contributed by atoms with van der Waals surface area (Å²) in [6.07, 6.45) is 1.77. The second kappa shape index (κ2) is 9.95. The molecule has 0 radical (unpaired) electrons. The molecule has 0 aliphatic carbocycles. The summed E-state index contributed by atoms with van der Waals surface area (Å²) in [4.78, 5) is 4.68. The number of imidazole rings is 1. The third-order valence-corrected chi connectivity index (χ3v) is 7.45. The smallest absolute Gasteiger partial charge is 0.207 e. The van der Waals surface area contributed by atoms with Crippen molar-refractivity contribution in [1.82, 2.24) is 30.2 Å². The minimum absolute atomic E-state index is 0.0107. The van der Waals surface area contributed by atoms with E-state index in [2.05, 4.69) is 25.6 Å². The maximum absolute atomic E-state index is 14.4. The molecular formula is C26H21ClF2N6OS. The molecule has 0 unspecified atom stereocenters. The van der Waals surface area contributed by atoms with E-state index in [0.29, 0.717) is 10.9 Å². The van der Waals surface area contributed by atoms with Crippen LogP contribution in [0.5, 0.6) is 5.75 Å². The molecule has 0 amide bonds. The van der Waals surface area contributed by atoms with Crippen LogP contribution in [0.25, 0.3) is 17.1 Å². The lowest BCUT2D eigenvalue weighted by molar-refractivity contribution is 0.472. The molecule has 0 atom stereocenters. The number of nitrogens with zero attached hydrogens (tertiary/aromatic N) is 5. The Bertz CT molecular complexity index is 1550. The number of aromatic hydroxyl groups is 1. The topological polar surface area (TPSA) is 92.5 Å². The van der Waals surface area contributed by atoms with Crippen molar-refractivity contribution in [3.63, 3.8) is 0 Å². The lowest BCUT2D eigenvalue weighted by Gasteiger charge is -2.27. The Kier molecular flexibility index (Phi) is 6.70. The Hall–Kier alpha value is -3.76. The number of nitrogens with one attached hydrogen (secondary N) is 1. The molecule has 2 heterocycles. The molecule has 0 fully saturated rings. The Balaban J connectivity index is 1.53. The number of aromatic nitrogens is 6. The number of aromatic amines is 1. The average Bonchev–Trinajstić information content (AvgIpc) is 3.56. The van der Waals surface area contributed by atoms with Gasteiger partial charge in [0, 0.05) is 16.9 Å². The number of thioether (sulfide) groups is 1. The van der Waals surface area contributed by atoms with E-state index >= 15 is 0 Å². The summed E-state index contributed by atoms with van der Waals surface area (Å²) >= 11 is 7.48. The number of hydrogen-bond donors (Lipinski definition) is 2. The molecule has 0 spiro atoms. The van der Waals surface area contributed by atoms with Gasteiger partial charge in [0.2, 0.25) is 5.82 Å². The predicted molar refractivity (Wildman–Crippen MR) is 138 cm³/mol. The third-order valence-electron chi connectivity index (χ3n) is 6.11. The van der Waals surface area contributed by atoms with Gasteiger partial charge in [-0.2, -0.15) is 5.21 Å². The zero-order valence-electron chi connectivity index (χ0n) is 19.8. The van der Waals surface area contributed by atoms with Gasteiger partial charge in [0.25, 0.3) is 0 Å². The van der Waals surface area contributed by atoms with Gasteiger partial charge in [0.05, 0.1) is 22.5 Å². The zero-order valence-corrected chi connectivity index (χ0v) is 21.4. The van der Waals surface area contributed by atoms with E-state index in [1.54, 1.807) is 42.6 Å². The summed E-state index contributed by atoms with van der Waals surface area (Å²) in [5.74, 6) is -0.152. The summed E-state index contributed by atoms with van der Waals surface area (Å²) in [6.45, 7) is 4.02. The van der Waals surface area contributed by atoms with Crippen molar-refractivity contribution in [1.29, 1.82) is 0 Å². The molecule has 0 aliphatic rings. The Morgan fingerprint density at radius 2 is 1.84 bits per heavy atom. The average molecular weight is 539 g/mol. The van der Waals surface area contributed by atoms with Gasteiger partial charge in [-0.15, -0.1) is 10.2 Å². The Morgan fingerprint density at radius 3 is 2.54 bits per heavy atom. The number of phenolic OH excluding ortho intramolecular Hbond substituents is 1. The van der Waals surface area contributed by atoms with Crippen LogP contribution in [0.1, 0.15) is 30.7 Å². The molecular weight excluding hydrogens is 518 g/mol. The second-order valence-electron chi connectivity index (χ2n) is 8.87. The van der Waals surface area contributed by atoms with Crippen LogP contribution in [0.15, 0.2) is 72.0 Å². The molecule has 3 aromatic carbocycles. The van der Waals surface area contributed by atoms with E-state index < -0.39 is 11.2 Å². The van der Waals surface area contributed by atoms with Gasteiger partial charge < -0.3 is 5.11 Å². The van der Waals surface area contributed by atoms with Crippen molar-refractivity contribution in [3.05, 3.63) is 100 Å². The molecule has 0 saturated carbocycles. The van der Waals surface area contributed by atoms with Crippen LogP contribution >= 0.6 is 23.4 Å². The normalized spacial score (nSPS) is 11.7. The van der Waals surface area contributed by atoms with Gasteiger partial charge >= 0.3 is 0 Å². The van der Waals surface area contributed by atoms with E-state index in [1.807, 2.05) is 24.5 Å². The third kappa shape index (κ3) is 4.94. The maximum atomic E-state index is 14.4. The fraction of sp³-hybridized carbons (Fsp3) is 0.154. The Labute approximate surface area is 220 Å². The summed E-state index contributed by atoms with van der Waals surface area (Å²) < 4.78 is 30.1. The van der Waals surface area contributed by atoms with E-state index in [-0.39, 0.29) is 28.0 Å². The highest BCUT2D eigenvalue weighted by atomic mass is 35.5. The maximum Gasteiger partial charge on any atom is 0.207 e. The van der Waals surface area contributed by atoms with Crippen molar-refractivity contribution in [2.24, 2.45) is 0 Å². The van der Waals surface area contributed by atoms with Crippen molar-refractivity contribution in [2.75, 3.05) is 0 Å². The molecule has 0 saturated heterocycles. The fourth-order valence-electron chi connectivity index (χ4n) is 4.02. The van der Waals surface area contributed by atoms with Gasteiger partial charge in [0.15, 0.2) is 5.16 Å². The number of benzene rings is 3. The number of halogens is 3. The van der Waals surface area contributed by atoms with Crippen molar-refractivity contribution < 1.29 is 13.9 Å². The molecule has 2 aromatic heterocycles. The largest absolute Gasteiger partial charge is 0.506 e. The molecule has 188 valence electrons. The first kappa shape index (κ1) is 24.9. The summed E-state index contributed by atoms with van der Waals surface area (Å²) in [7, 11) is 0. The quantitative estimate of drug-likeness (QED) is 0.236. The minimum Gasteiger partial charge on any atom is -0.506 e. The second-order valence-corrected chi connectivity index (χ2v) is 10.2. The molecule has 0 bridgehead atoms. The highest BCUT2D eigenvalue weighted by molar-refractivity contribution is 7.98. The SMILES string of the molecule is CC(C)(c1ccc(Cl)c(O)c1)c1cnc(SCc2ccc(F)c(-c3nn[nH]n3)c2)n1-c1ccc(F)cc1. The van der Waals surface area contributed by atoms with Crippen LogP contribution in [-0.4, -0.2) is 35.3 Å². The molecule has 5 aromatic rings. The first-order valence-corrected chi connectivity index (χ1v) is 12.6.